The van der Waals surface area contributed by atoms with E-state index in [1.165, 1.54) is 17.2 Å². The molecule has 0 aromatic carbocycles. The van der Waals surface area contributed by atoms with Crippen LogP contribution in [-0.4, -0.2) is 21.7 Å². The number of hydrogen-bond acceptors (Lipinski definition) is 2. The van der Waals surface area contributed by atoms with Gasteiger partial charge in [0.15, 0.2) is 0 Å². The first-order valence-electron chi connectivity index (χ1n) is 2.33. The fourth-order valence-electron chi connectivity index (χ4n) is 0.434. The molecular weight excluding hydrogens is 109 g/mol. The Morgan fingerprint density at radius 2 is 2.00 bits per heavy atom. The number of nitrogens with zero attached hydrogens (tertiary/aromatic N) is 3. The summed E-state index contributed by atoms with van der Waals surface area (Å²) in [5.41, 5.74) is 0. The van der Waals surface area contributed by atoms with E-state index in [9.17, 15) is 4.39 Å². The molecule has 0 amide bonds. The molecule has 8 heavy (non-hydrogen) atoms. The van der Waals surface area contributed by atoms with E-state index < -0.39 is 6.67 Å². The van der Waals surface area contributed by atoms with Gasteiger partial charge < -0.3 is 0 Å². The van der Waals surface area contributed by atoms with E-state index in [2.05, 4.69) is 10.2 Å². The zero-order valence-electron chi connectivity index (χ0n) is 4.29. The summed E-state index contributed by atoms with van der Waals surface area (Å²) >= 11 is 0. The van der Waals surface area contributed by atoms with Crippen LogP contribution in [0.25, 0.3) is 0 Å². The lowest BCUT2D eigenvalue weighted by molar-refractivity contribution is 0.402. The molecule has 1 aromatic heterocycles. The van der Waals surface area contributed by atoms with Crippen molar-refractivity contribution in [3.8, 4) is 0 Å². The summed E-state index contributed by atoms with van der Waals surface area (Å²) in [4.78, 5) is 1.31. The minimum absolute atomic E-state index is 0.257. The van der Waals surface area contributed by atoms with Gasteiger partial charge in [0, 0.05) is 0 Å². The topological polar surface area (TPSA) is 30.7 Å². The summed E-state index contributed by atoms with van der Waals surface area (Å²) in [6, 6.07) is 0. The highest BCUT2D eigenvalue weighted by Crippen LogP contribution is 1.77. The lowest BCUT2D eigenvalue weighted by Crippen LogP contribution is -2.02. The maximum Gasteiger partial charge on any atom is 0.111 e. The Hall–Kier alpha value is -0.930. The number of alkyl halides is 1. The molecule has 0 aliphatic heterocycles. The molecule has 0 aliphatic carbocycles. The zero-order valence-corrected chi connectivity index (χ0v) is 4.29. The van der Waals surface area contributed by atoms with Crippen LogP contribution >= 0.6 is 0 Å². The Kier molecular flexibility index (Phi) is 1.56. The Labute approximate surface area is 46.1 Å². The summed E-state index contributed by atoms with van der Waals surface area (Å²) in [5.74, 6) is 0. The van der Waals surface area contributed by atoms with Crippen molar-refractivity contribution in [1.82, 2.24) is 15.0 Å². The molecule has 0 spiro atoms. The predicted octanol–water partition coefficient (Wildman–Crippen LogP) is 0.248. The van der Waals surface area contributed by atoms with Crippen molar-refractivity contribution >= 4 is 0 Å². The van der Waals surface area contributed by atoms with Gasteiger partial charge in [-0.05, 0) is 0 Å². The van der Waals surface area contributed by atoms with Gasteiger partial charge in [0.1, 0.15) is 6.67 Å². The van der Waals surface area contributed by atoms with Crippen molar-refractivity contribution in [2.75, 3.05) is 6.67 Å². The fraction of sp³-hybridized carbons (Fsp3) is 0.500. The maximum absolute atomic E-state index is 11.5. The molecule has 1 aromatic rings. The highest BCUT2D eigenvalue weighted by molar-refractivity contribution is 4.59. The Bertz CT molecular complexity index is 137. The monoisotopic (exact) mass is 115 g/mol. The average Bonchev–Trinajstić information content (AvgIpc) is 2.19. The molecule has 4 heteroatoms. The minimum atomic E-state index is -0.408. The van der Waals surface area contributed by atoms with Crippen molar-refractivity contribution in [3.05, 3.63) is 12.4 Å². The summed E-state index contributed by atoms with van der Waals surface area (Å²) in [5, 5.41) is 7.34. The molecule has 0 aliphatic rings. The first-order chi connectivity index (χ1) is 3.93. The van der Waals surface area contributed by atoms with Crippen molar-refractivity contribution in [2.24, 2.45) is 0 Å². The quantitative estimate of drug-likeness (QED) is 0.553. The molecule has 0 radical (unpaired) electrons. The van der Waals surface area contributed by atoms with Crippen LogP contribution in [0.4, 0.5) is 4.39 Å². The van der Waals surface area contributed by atoms with Crippen molar-refractivity contribution in [1.29, 1.82) is 0 Å². The van der Waals surface area contributed by atoms with Gasteiger partial charge >= 0.3 is 0 Å². The van der Waals surface area contributed by atoms with Gasteiger partial charge in [-0.25, -0.2) is 4.39 Å². The molecule has 0 atom stereocenters. The molecule has 3 nitrogen and oxygen atoms in total. The molecule has 0 saturated carbocycles. The van der Waals surface area contributed by atoms with Gasteiger partial charge in [-0.15, -0.1) is 0 Å². The molecule has 1 heterocycles. The van der Waals surface area contributed by atoms with Gasteiger partial charge in [-0.1, -0.05) is 0 Å². The number of rotatable bonds is 2. The number of hydrogen-bond donors (Lipinski definition) is 0. The first kappa shape index (κ1) is 5.21. The lowest BCUT2D eigenvalue weighted by atomic mass is 10.8. The maximum atomic E-state index is 11.5. The van der Waals surface area contributed by atoms with E-state index >= 15 is 0 Å². The number of aromatic nitrogens is 3. The zero-order chi connectivity index (χ0) is 5.82. The normalized spacial score (nSPS) is 9.62. The van der Waals surface area contributed by atoms with Crippen LogP contribution in [-0.2, 0) is 6.54 Å². The second-order valence-electron chi connectivity index (χ2n) is 1.31. The Morgan fingerprint density at radius 1 is 1.38 bits per heavy atom. The highest BCUT2D eigenvalue weighted by Gasteiger charge is 1.86. The molecule has 1 rings (SSSR count). The van der Waals surface area contributed by atoms with E-state index in [4.69, 9.17) is 0 Å². The van der Waals surface area contributed by atoms with Crippen molar-refractivity contribution < 1.29 is 4.39 Å². The summed E-state index contributed by atoms with van der Waals surface area (Å²) in [6.45, 7) is -0.151. The van der Waals surface area contributed by atoms with Gasteiger partial charge in [-0.2, -0.15) is 15.0 Å². The van der Waals surface area contributed by atoms with E-state index in [-0.39, 0.29) is 6.54 Å². The first-order valence-corrected chi connectivity index (χ1v) is 2.33. The SMILES string of the molecule is FCCn1nccn1. The standard InChI is InChI=1S/C4H6FN3/c5-1-4-8-6-2-3-7-8/h2-3H,1,4H2. The van der Waals surface area contributed by atoms with Crippen LogP contribution in [0.3, 0.4) is 0 Å². The summed E-state index contributed by atoms with van der Waals surface area (Å²) < 4.78 is 11.5. The molecule has 0 bridgehead atoms. The largest absolute Gasteiger partial charge is 0.249 e. The predicted molar refractivity (Wildman–Crippen MR) is 26.0 cm³/mol. The van der Waals surface area contributed by atoms with Crippen LogP contribution in [0.5, 0.6) is 0 Å². The van der Waals surface area contributed by atoms with Gasteiger partial charge in [-0.3, -0.25) is 0 Å². The third kappa shape index (κ3) is 1.02. The molecule has 44 valence electrons. The Balaban J connectivity index is 2.50. The van der Waals surface area contributed by atoms with E-state index in [1.807, 2.05) is 0 Å². The smallest absolute Gasteiger partial charge is 0.111 e. The summed E-state index contributed by atoms with van der Waals surface area (Å²) in [7, 11) is 0. The van der Waals surface area contributed by atoms with Gasteiger partial charge in [0.05, 0.1) is 18.9 Å². The molecule has 0 saturated heterocycles. The van der Waals surface area contributed by atoms with Crippen LogP contribution in [0.2, 0.25) is 0 Å². The third-order valence-electron chi connectivity index (χ3n) is 0.751. The molecule has 0 fully saturated rings. The molecule has 0 unspecified atom stereocenters. The number of halogens is 1. The van der Waals surface area contributed by atoms with Crippen LogP contribution in [0, 0.1) is 0 Å². The third-order valence-corrected chi connectivity index (χ3v) is 0.751. The molecular formula is C4H6FN3. The summed E-state index contributed by atoms with van der Waals surface area (Å²) in [6.07, 6.45) is 3.05. The number of aryl methyl sites for hydroxylation is 1. The van der Waals surface area contributed by atoms with Crippen LogP contribution in [0.1, 0.15) is 0 Å². The van der Waals surface area contributed by atoms with E-state index in [0.29, 0.717) is 0 Å². The van der Waals surface area contributed by atoms with Crippen molar-refractivity contribution in [3.63, 3.8) is 0 Å². The van der Waals surface area contributed by atoms with Crippen LogP contribution in [0.15, 0.2) is 12.4 Å². The van der Waals surface area contributed by atoms with E-state index in [1.54, 1.807) is 0 Å². The van der Waals surface area contributed by atoms with E-state index in [0.717, 1.165) is 0 Å². The fourth-order valence-corrected chi connectivity index (χ4v) is 0.434. The minimum Gasteiger partial charge on any atom is -0.249 e. The molecule has 0 N–H and O–H groups in total. The average molecular weight is 115 g/mol. The second-order valence-corrected chi connectivity index (χ2v) is 1.31. The van der Waals surface area contributed by atoms with Crippen molar-refractivity contribution in [2.45, 2.75) is 6.54 Å². The lowest BCUT2D eigenvalue weighted by Gasteiger charge is -1.88. The van der Waals surface area contributed by atoms with Crippen LogP contribution < -0.4 is 0 Å². The van der Waals surface area contributed by atoms with Gasteiger partial charge in [0.25, 0.3) is 0 Å². The Morgan fingerprint density at radius 3 is 2.50 bits per heavy atom. The second kappa shape index (κ2) is 2.40. The van der Waals surface area contributed by atoms with Gasteiger partial charge in [0.2, 0.25) is 0 Å². The highest BCUT2D eigenvalue weighted by atomic mass is 19.1.